The molecule has 0 fully saturated rings. The first-order valence-electron chi connectivity index (χ1n) is 2.26. The average Bonchev–Trinajstić information content (AvgIpc) is 1.69. The van der Waals surface area contributed by atoms with Crippen molar-refractivity contribution >= 4 is 22.1 Å². The Kier molecular flexibility index (Phi) is 1.63. The fraction of sp³-hybridized carbons (Fsp3) is 0.400. The second-order valence-electron chi connectivity index (χ2n) is 1.45. The van der Waals surface area contributed by atoms with Crippen LogP contribution in [0.4, 0.5) is 0 Å². The van der Waals surface area contributed by atoms with E-state index in [1.54, 1.807) is 0 Å². The van der Waals surface area contributed by atoms with Gasteiger partial charge in [0.1, 0.15) is 0 Å². The van der Waals surface area contributed by atoms with E-state index in [0.29, 0.717) is 0 Å². The Bertz CT molecular complexity index is 115. The highest BCUT2D eigenvalue weighted by Crippen LogP contribution is 2.14. The molecule has 1 aliphatic rings. The van der Waals surface area contributed by atoms with Crippen molar-refractivity contribution in [2.75, 3.05) is 0 Å². The lowest BCUT2D eigenvalue weighted by molar-refractivity contribution is 1.07. The van der Waals surface area contributed by atoms with E-state index in [1.165, 1.54) is 4.48 Å². The minimum absolute atomic E-state index is 1.08. The lowest BCUT2D eigenvalue weighted by atomic mass is 10.3. The summed E-state index contributed by atoms with van der Waals surface area (Å²) >= 11 is 3.34. The van der Waals surface area contributed by atoms with Crippen molar-refractivity contribution in [2.45, 2.75) is 12.8 Å². The summed E-state index contributed by atoms with van der Waals surface area (Å²) in [4.78, 5) is 3.92. The lowest BCUT2D eigenvalue weighted by Crippen LogP contribution is -1.81. The predicted molar refractivity (Wildman–Crippen MR) is 34.7 cm³/mol. The molecule has 0 aromatic rings. The Morgan fingerprint density at radius 2 is 2.57 bits per heavy atom. The van der Waals surface area contributed by atoms with Gasteiger partial charge < -0.3 is 0 Å². The van der Waals surface area contributed by atoms with E-state index in [1.807, 2.05) is 12.4 Å². The fourth-order valence-corrected chi connectivity index (χ4v) is 0.822. The molecule has 0 spiro atoms. The number of allylic oxidation sites excluding steroid dienone is 1. The molecule has 0 radical (unpaired) electrons. The van der Waals surface area contributed by atoms with Crippen LogP contribution in [-0.2, 0) is 0 Å². The molecule has 0 saturated carbocycles. The number of nitrogens with zero attached hydrogens (tertiary/aromatic N) is 1. The second-order valence-corrected chi connectivity index (χ2v) is 2.46. The summed E-state index contributed by atoms with van der Waals surface area (Å²) < 4.78 is 1.20. The molecule has 0 bridgehead atoms. The van der Waals surface area contributed by atoms with E-state index in [-0.39, 0.29) is 0 Å². The molecule has 1 heterocycles. The Hall–Kier alpha value is -0.110. The van der Waals surface area contributed by atoms with Crippen molar-refractivity contribution in [3.8, 4) is 0 Å². The van der Waals surface area contributed by atoms with Crippen molar-refractivity contribution in [3.05, 3.63) is 10.7 Å². The lowest BCUT2D eigenvalue weighted by Gasteiger charge is -1.96. The maximum Gasteiger partial charge on any atom is 0.0365 e. The summed E-state index contributed by atoms with van der Waals surface area (Å²) in [6.45, 7) is 0. The molecule has 0 amide bonds. The zero-order chi connectivity index (χ0) is 5.11. The van der Waals surface area contributed by atoms with Crippen LogP contribution in [0, 0.1) is 0 Å². The Balaban J connectivity index is 2.57. The SMILES string of the molecule is BrC1=CN=CCC1. The van der Waals surface area contributed by atoms with Crippen molar-refractivity contribution in [3.63, 3.8) is 0 Å². The van der Waals surface area contributed by atoms with Crippen LogP contribution in [0.5, 0.6) is 0 Å². The first-order chi connectivity index (χ1) is 3.39. The first-order valence-corrected chi connectivity index (χ1v) is 3.05. The number of halogens is 1. The van der Waals surface area contributed by atoms with Gasteiger partial charge in [-0.25, -0.2) is 0 Å². The first kappa shape index (κ1) is 5.04. The normalized spacial score (nSPS) is 19.3. The molecule has 1 rings (SSSR count). The highest BCUT2D eigenvalue weighted by atomic mass is 79.9. The van der Waals surface area contributed by atoms with Gasteiger partial charge in [-0.15, -0.1) is 0 Å². The highest BCUT2D eigenvalue weighted by Gasteiger charge is 1.91. The van der Waals surface area contributed by atoms with Crippen molar-refractivity contribution in [2.24, 2.45) is 4.99 Å². The van der Waals surface area contributed by atoms with Crippen LogP contribution in [0.25, 0.3) is 0 Å². The standard InChI is InChI=1S/C5H6BrN/c6-5-2-1-3-7-4-5/h3-4H,1-2H2. The third-order valence-electron chi connectivity index (χ3n) is 0.832. The van der Waals surface area contributed by atoms with E-state index < -0.39 is 0 Å². The summed E-state index contributed by atoms with van der Waals surface area (Å²) in [5.74, 6) is 0. The maximum atomic E-state index is 3.92. The van der Waals surface area contributed by atoms with Gasteiger partial charge in [0.25, 0.3) is 0 Å². The van der Waals surface area contributed by atoms with E-state index in [4.69, 9.17) is 0 Å². The molecule has 1 aliphatic heterocycles. The van der Waals surface area contributed by atoms with E-state index in [0.717, 1.165) is 12.8 Å². The van der Waals surface area contributed by atoms with Crippen molar-refractivity contribution < 1.29 is 0 Å². The van der Waals surface area contributed by atoms with Gasteiger partial charge in [0.05, 0.1) is 0 Å². The Labute approximate surface area is 51.3 Å². The highest BCUT2D eigenvalue weighted by molar-refractivity contribution is 9.11. The van der Waals surface area contributed by atoms with Crippen LogP contribution in [0.2, 0.25) is 0 Å². The summed E-state index contributed by atoms with van der Waals surface area (Å²) in [6, 6.07) is 0. The molecule has 1 nitrogen and oxygen atoms in total. The monoisotopic (exact) mass is 159 g/mol. The molecule has 0 saturated heterocycles. The summed E-state index contributed by atoms with van der Waals surface area (Å²) in [7, 11) is 0. The molecule has 0 aromatic heterocycles. The number of rotatable bonds is 0. The zero-order valence-electron chi connectivity index (χ0n) is 3.89. The molecule has 0 aliphatic carbocycles. The van der Waals surface area contributed by atoms with E-state index >= 15 is 0 Å². The van der Waals surface area contributed by atoms with Gasteiger partial charge in [0, 0.05) is 16.9 Å². The average molecular weight is 160 g/mol. The van der Waals surface area contributed by atoms with E-state index in [2.05, 4.69) is 20.9 Å². The minimum Gasteiger partial charge on any atom is -0.268 e. The molecule has 7 heavy (non-hydrogen) atoms. The van der Waals surface area contributed by atoms with Gasteiger partial charge in [0.15, 0.2) is 0 Å². The molecule has 2 heteroatoms. The van der Waals surface area contributed by atoms with Crippen LogP contribution >= 0.6 is 15.9 Å². The van der Waals surface area contributed by atoms with Crippen molar-refractivity contribution in [1.29, 1.82) is 0 Å². The van der Waals surface area contributed by atoms with Crippen LogP contribution in [0.1, 0.15) is 12.8 Å². The van der Waals surface area contributed by atoms with Gasteiger partial charge in [-0.2, -0.15) is 0 Å². The quantitative estimate of drug-likeness (QED) is 0.514. The molecule has 0 unspecified atom stereocenters. The third kappa shape index (κ3) is 1.43. The van der Waals surface area contributed by atoms with Gasteiger partial charge in [-0.3, -0.25) is 4.99 Å². The smallest absolute Gasteiger partial charge is 0.0365 e. The Morgan fingerprint density at radius 1 is 1.71 bits per heavy atom. The number of hydrogen-bond acceptors (Lipinski definition) is 1. The predicted octanol–water partition coefficient (Wildman–Crippen LogP) is 2.09. The maximum absolute atomic E-state index is 3.92. The summed E-state index contributed by atoms with van der Waals surface area (Å²) in [5, 5.41) is 0. The number of hydrogen-bond donors (Lipinski definition) is 0. The molecule has 0 aromatic carbocycles. The topological polar surface area (TPSA) is 12.4 Å². The molecule has 0 N–H and O–H groups in total. The fourth-order valence-electron chi connectivity index (χ4n) is 0.475. The van der Waals surface area contributed by atoms with Gasteiger partial charge >= 0.3 is 0 Å². The van der Waals surface area contributed by atoms with Gasteiger partial charge in [-0.05, 0) is 12.8 Å². The van der Waals surface area contributed by atoms with Crippen LogP contribution < -0.4 is 0 Å². The molecular weight excluding hydrogens is 154 g/mol. The van der Waals surface area contributed by atoms with E-state index in [9.17, 15) is 0 Å². The van der Waals surface area contributed by atoms with Gasteiger partial charge in [0.2, 0.25) is 0 Å². The minimum atomic E-state index is 1.08. The number of aliphatic imine (C=N–C) groups is 1. The third-order valence-corrected chi connectivity index (χ3v) is 1.43. The zero-order valence-corrected chi connectivity index (χ0v) is 5.48. The summed E-state index contributed by atoms with van der Waals surface area (Å²) in [5.41, 5.74) is 0. The van der Waals surface area contributed by atoms with Gasteiger partial charge in [-0.1, -0.05) is 15.9 Å². The van der Waals surface area contributed by atoms with Crippen LogP contribution in [-0.4, -0.2) is 6.21 Å². The largest absolute Gasteiger partial charge is 0.268 e. The van der Waals surface area contributed by atoms with Crippen molar-refractivity contribution in [1.82, 2.24) is 0 Å². The van der Waals surface area contributed by atoms with Crippen LogP contribution in [0.3, 0.4) is 0 Å². The summed E-state index contributed by atoms with van der Waals surface area (Å²) in [6.07, 6.45) is 5.95. The second kappa shape index (κ2) is 2.26. The Morgan fingerprint density at radius 3 is 2.86 bits per heavy atom. The molecular formula is C5H6BrN. The molecule has 0 atom stereocenters. The molecule has 38 valence electrons. The van der Waals surface area contributed by atoms with Crippen LogP contribution in [0.15, 0.2) is 15.7 Å².